The van der Waals surface area contributed by atoms with Gasteiger partial charge in [-0.1, -0.05) is 6.42 Å². The molecule has 2 rings (SSSR count). The van der Waals surface area contributed by atoms with Crippen LogP contribution in [0.15, 0.2) is 6.20 Å². The Kier molecular flexibility index (Phi) is 5.00. The Morgan fingerprint density at radius 1 is 1.55 bits per heavy atom. The third kappa shape index (κ3) is 3.50. The second-order valence-corrected chi connectivity index (χ2v) is 5.34. The van der Waals surface area contributed by atoms with Crippen molar-refractivity contribution in [1.29, 1.82) is 0 Å². The molecule has 1 aromatic rings. The van der Waals surface area contributed by atoms with Gasteiger partial charge in [0.25, 0.3) is 0 Å². The number of rotatable bonds is 5. The van der Waals surface area contributed by atoms with Crippen molar-refractivity contribution in [3.05, 3.63) is 11.9 Å². The fourth-order valence-electron chi connectivity index (χ4n) is 2.70. The standard InChI is InChI=1S/C14H24N4O2/c1-3-20-14(19)13-12(15)10-18(16-13)9-7-11-6-4-5-8-17(11)2/h10-11H,3-9,15H2,1-2H3. The number of nitrogens with zero attached hydrogens (tertiary/aromatic N) is 3. The number of aryl methyl sites for hydroxylation is 1. The minimum absolute atomic E-state index is 0.226. The topological polar surface area (TPSA) is 73.4 Å². The van der Waals surface area contributed by atoms with Gasteiger partial charge in [-0.15, -0.1) is 0 Å². The molecule has 0 saturated carbocycles. The van der Waals surface area contributed by atoms with E-state index in [1.807, 2.05) is 0 Å². The molecule has 0 aromatic carbocycles. The van der Waals surface area contributed by atoms with Crippen LogP contribution >= 0.6 is 0 Å². The van der Waals surface area contributed by atoms with Crippen molar-refractivity contribution < 1.29 is 9.53 Å². The van der Waals surface area contributed by atoms with Crippen molar-refractivity contribution >= 4 is 11.7 Å². The van der Waals surface area contributed by atoms with Crippen LogP contribution in [0.1, 0.15) is 43.1 Å². The van der Waals surface area contributed by atoms with Crippen molar-refractivity contribution in [3.63, 3.8) is 0 Å². The number of anilines is 1. The first kappa shape index (κ1) is 14.8. The minimum Gasteiger partial charge on any atom is -0.461 e. The highest BCUT2D eigenvalue weighted by Gasteiger charge is 2.20. The summed E-state index contributed by atoms with van der Waals surface area (Å²) in [6, 6.07) is 0.597. The van der Waals surface area contributed by atoms with Crippen LogP contribution in [0.3, 0.4) is 0 Å². The van der Waals surface area contributed by atoms with Crippen LogP contribution in [0, 0.1) is 0 Å². The second kappa shape index (κ2) is 6.74. The Morgan fingerprint density at radius 3 is 3.05 bits per heavy atom. The highest BCUT2D eigenvalue weighted by atomic mass is 16.5. The van der Waals surface area contributed by atoms with E-state index in [0.717, 1.165) is 13.0 Å². The van der Waals surface area contributed by atoms with Crippen LogP contribution in [0.5, 0.6) is 0 Å². The highest BCUT2D eigenvalue weighted by Crippen LogP contribution is 2.19. The zero-order chi connectivity index (χ0) is 14.5. The number of nitrogens with two attached hydrogens (primary N) is 1. The summed E-state index contributed by atoms with van der Waals surface area (Å²) in [7, 11) is 2.17. The molecule has 1 aromatic heterocycles. The van der Waals surface area contributed by atoms with Gasteiger partial charge in [-0.3, -0.25) is 4.68 Å². The number of piperidine rings is 1. The number of likely N-dealkylation sites (tertiary alicyclic amines) is 1. The van der Waals surface area contributed by atoms with Crippen LogP contribution in [0.2, 0.25) is 0 Å². The molecule has 112 valence electrons. The Morgan fingerprint density at radius 2 is 2.35 bits per heavy atom. The van der Waals surface area contributed by atoms with E-state index in [9.17, 15) is 4.79 Å². The molecule has 1 aliphatic rings. The molecule has 0 amide bonds. The molecule has 1 atom stereocenters. The van der Waals surface area contributed by atoms with Gasteiger partial charge in [0.15, 0.2) is 5.69 Å². The molecular formula is C14H24N4O2. The molecule has 1 unspecified atom stereocenters. The van der Waals surface area contributed by atoms with E-state index in [2.05, 4.69) is 17.0 Å². The maximum Gasteiger partial charge on any atom is 0.361 e. The van der Waals surface area contributed by atoms with Crippen molar-refractivity contribution in [2.75, 3.05) is 25.9 Å². The number of hydrogen-bond donors (Lipinski definition) is 1. The molecule has 2 N–H and O–H groups in total. The van der Waals surface area contributed by atoms with Gasteiger partial charge in [-0.25, -0.2) is 4.79 Å². The van der Waals surface area contributed by atoms with E-state index in [1.54, 1.807) is 17.8 Å². The zero-order valence-corrected chi connectivity index (χ0v) is 12.3. The van der Waals surface area contributed by atoms with Crippen molar-refractivity contribution in [3.8, 4) is 0 Å². The molecule has 6 heteroatoms. The molecule has 0 bridgehead atoms. The van der Waals surface area contributed by atoms with Gasteiger partial charge in [0.1, 0.15) is 0 Å². The summed E-state index contributed by atoms with van der Waals surface area (Å²) in [5.74, 6) is -0.446. The average molecular weight is 280 g/mol. The van der Waals surface area contributed by atoms with E-state index in [1.165, 1.54) is 25.8 Å². The molecule has 0 radical (unpaired) electrons. The van der Waals surface area contributed by atoms with E-state index < -0.39 is 5.97 Å². The van der Waals surface area contributed by atoms with Crippen LogP contribution in [-0.2, 0) is 11.3 Å². The summed E-state index contributed by atoms with van der Waals surface area (Å²) in [6.07, 6.45) is 6.56. The number of carbonyl (C=O) groups excluding carboxylic acids is 1. The summed E-state index contributed by atoms with van der Waals surface area (Å²) in [5, 5.41) is 4.24. The summed E-state index contributed by atoms with van der Waals surface area (Å²) >= 11 is 0. The monoisotopic (exact) mass is 280 g/mol. The maximum absolute atomic E-state index is 11.7. The largest absolute Gasteiger partial charge is 0.461 e. The lowest BCUT2D eigenvalue weighted by atomic mass is 10.0. The third-order valence-electron chi connectivity index (χ3n) is 3.87. The smallest absolute Gasteiger partial charge is 0.361 e. The lowest BCUT2D eigenvalue weighted by molar-refractivity contribution is 0.0519. The van der Waals surface area contributed by atoms with Gasteiger partial charge >= 0.3 is 5.97 Å². The number of nitrogen functional groups attached to an aromatic ring is 1. The molecule has 6 nitrogen and oxygen atoms in total. The first-order valence-corrected chi connectivity index (χ1v) is 7.32. The lowest BCUT2D eigenvalue weighted by Gasteiger charge is -2.32. The average Bonchev–Trinajstić information content (AvgIpc) is 2.79. The van der Waals surface area contributed by atoms with E-state index in [4.69, 9.17) is 10.5 Å². The minimum atomic E-state index is -0.446. The molecule has 1 saturated heterocycles. The molecule has 0 spiro atoms. The number of aromatic nitrogens is 2. The molecule has 2 heterocycles. The van der Waals surface area contributed by atoms with Crippen molar-refractivity contribution in [1.82, 2.24) is 14.7 Å². The summed E-state index contributed by atoms with van der Waals surface area (Å²) in [6.45, 7) is 4.04. The Balaban J connectivity index is 1.93. The van der Waals surface area contributed by atoms with Crippen molar-refractivity contribution in [2.24, 2.45) is 0 Å². The summed E-state index contributed by atoms with van der Waals surface area (Å²) in [4.78, 5) is 14.1. The van der Waals surface area contributed by atoms with E-state index in [0.29, 0.717) is 18.3 Å². The second-order valence-electron chi connectivity index (χ2n) is 5.34. The predicted octanol–water partition coefficient (Wildman–Crippen LogP) is 1.52. The van der Waals surface area contributed by atoms with Crippen molar-refractivity contribution in [2.45, 2.75) is 45.2 Å². The fraction of sp³-hybridized carbons (Fsp3) is 0.714. The zero-order valence-electron chi connectivity index (χ0n) is 12.3. The first-order chi connectivity index (χ1) is 9.61. The van der Waals surface area contributed by atoms with Crippen LogP contribution in [-0.4, -0.2) is 46.9 Å². The van der Waals surface area contributed by atoms with Gasteiger partial charge in [-0.05, 0) is 39.8 Å². The molecule has 1 aliphatic heterocycles. The number of carbonyl (C=O) groups is 1. The Bertz CT molecular complexity index is 458. The van der Waals surface area contributed by atoms with Crippen LogP contribution in [0.25, 0.3) is 0 Å². The van der Waals surface area contributed by atoms with Crippen LogP contribution < -0.4 is 5.73 Å². The molecule has 0 aliphatic carbocycles. The summed E-state index contributed by atoms with van der Waals surface area (Å²) in [5.41, 5.74) is 6.43. The number of esters is 1. The lowest BCUT2D eigenvalue weighted by Crippen LogP contribution is -2.36. The third-order valence-corrected chi connectivity index (χ3v) is 3.87. The molecule has 1 fully saturated rings. The van der Waals surface area contributed by atoms with Gasteiger partial charge < -0.3 is 15.4 Å². The van der Waals surface area contributed by atoms with E-state index in [-0.39, 0.29) is 5.69 Å². The Labute approximate surface area is 119 Å². The van der Waals surface area contributed by atoms with Crippen LogP contribution in [0.4, 0.5) is 5.69 Å². The van der Waals surface area contributed by atoms with Gasteiger partial charge in [0.05, 0.1) is 12.3 Å². The normalized spacial score (nSPS) is 20.0. The van der Waals surface area contributed by atoms with Gasteiger partial charge in [0.2, 0.25) is 0 Å². The van der Waals surface area contributed by atoms with Gasteiger partial charge in [0, 0.05) is 18.8 Å². The first-order valence-electron chi connectivity index (χ1n) is 7.32. The maximum atomic E-state index is 11.7. The highest BCUT2D eigenvalue weighted by molar-refractivity contribution is 5.92. The van der Waals surface area contributed by atoms with Gasteiger partial charge in [-0.2, -0.15) is 5.10 Å². The predicted molar refractivity (Wildman–Crippen MR) is 77.5 cm³/mol. The molecular weight excluding hydrogens is 256 g/mol. The fourth-order valence-corrected chi connectivity index (χ4v) is 2.70. The quantitative estimate of drug-likeness (QED) is 0.828. The van der Waals surface area contributed by atoms with E-state index >= 15 is 0 Å². The SMILES string of the molecule is CCOC(=O)c1nn(CCC2CCCCN2C)cc1N. The summed E-state index contributed by atoms with van der Waals surface area (Å²) < 4.78 is 6.68. The number of hydrogen-bond acceptors (Lipinski definition) is 5. The Hall–Kier alpha value is -1.56. The molecule has 20 heavy (non-hydrogen) atoms. The number of ether oxygens (including phenoxy) is 1.